The smallest absolute Gasteiger partial charge is 0.168 e. The van der Waals surface area contributed by atoms with E-state index in [1.165, 1.54) is 25.3 Å². The number of hydrogen-bond acceptors (Lipinski definition) is 3. The highest BCUT2D eigenvalue weighted by molar-refractivity contribution is 5.79. The van der Waals surface area contributed by atoms with Crippen LogP contribution >= 0.6 is 0 Å². The summed E-state index contributed by atoms with van der Waals surface area (Å²) >= 11 is 0. The summed E-state index contributed by atoms with van der Waals surface area (Å²) in [5.41, 5.74) is 4.80. The molecule has 2 heterocycles. The van der Waals surface area contributed by atoms with E-state index in [2.05, 4.69) is 10.2 Å². The molecule has 2 aromatic carbocycles. The highest BCUT2D eigenvalue weighted by atomic mass is 19.1. The first kappa shape index (κ1) is 18.1. The Morgan fingerprint density at radius 1 is 1.00 bits per heavy atom. The Labute approximate surface area is 161 Å². The minimum atomic E-state index is -0.280. The number of nitrogens with zero attached hydrogens (tertiary/aromatic N) is 3. The molecule has 0 aliphatic carbocycles. The van der Waals surface area contributed by atoms with Crippen molar-refractivity contribution in [3.63, 3.8) is 0 Å². The fourth-order valence-corrected chi connectivity index (χ4v) is 3.53. The summed E-state index contributed by atoms with van der Waals surface area (Å²) in [6.07, 6.45) is 2.72. The molecule has 0 amide bonds. The summed E-state index contributed by atoms with van der Waals surface area (Å²) < 4.78 is 34.9. The average Bonchev–Trinajstić information content (AvgIpc) is 3.17. The van der Waals surface area contributed by atoms with Crippen LogP contribution in [0.1, 0.15) is 16.8 Å². The van der Waals surface area contributed by atoms with Crippen molar-refractivity contribution in [1.82, 2.24) is 14.6 Å². The van der Waals surface area contributed by atoms with Crippen LogP contribution in [0.3, 0.4) is 0 Å². The van der Waals surface area contributed by atoms with Crippen LogP contribution < -0.4 is 4.74 Å². The van der Waals surface area contributed by atoms with Crippen LogP contribution in [0, 0.1) is 18.6 Å². The Morgan fingerprint density at radius 3 is 2.61 bits per heavy atom. The molecule has 0 aliphatic rings. The number of rotatable bonds is 5. The van der Waals surface area contributed by atoms with Gasteiger partial charge in [0.2, 0.25) is 0 Å². The number of ether oxygens (including phenoxy) is 1. The molecule has 4 rings (SSSR count). The molecule has 142 valence electrons. The van der Waals surface area contributed by atoms with Crippen molar-refractivity contribution in [1.29, 1.82) is 0 Å². The molecule has 28 heavy (non-hydrogen) atoms. The number of pyridine rings is 1. The monoisotopic (exact) mass is 379 g/mol. The Bertz CT molecular complexity index is 1150. The minimum absolute atomic E-state index is 0.269. The highest BCUT2D eigenvalue weighted by Gasteiger charge is 2.14. The zero-order chi connectivity index (χ0) is 19.7. The zero-order valence-electron chi connectivity index (χ0n) is 15.6. The molecule has 0 spiro atoms. The lowest BCUT2D eigenvalue weighted by Gasteiger charge is -2.12. The van der Waals surface area contributed by atoms with Crippen molar-refractivity contribution in [3.05, 3.63) is 83.3 Å². The fourth-order valence-electron chi connectivity index (χ4n) is 3.53. The summed E-state index contributed by atoms with van der Waals surface area (Å²) in [4.78, 5) is 0. The number of aromatic nitrogens is 3. The van der Waals surface area contributed by atoms with E-state index >= 15 is 0 Å². The summed E-state index contributed by atoms with van der Waals surface area (Å²) in [5.74, 6) is -0.00865. The quantitative estimate of drug-likeness (QED) is 0.501. The van der Waals surface area contributed by atoms with Gasteiger partial charge in [-0.1, -0.05) is 12.1 Å². The first-order chi connectivity index (χ1) is 13.6. The Morgan fingerprint density at radius 2 is 1.82 bits per heavy atom. The topological polar surface area (TPSA) is 39.4 Å². The SMILES string of the molecule is COc1cccc(F)c1CCc1ccc(-c2ccc(F)cc2C)c2nncn12. The number of methoxy groups -OCH3 is 1. The van der Waals surface area contributed by atoms with E-state index in [-0.39, 0.29) is 11.6 Å². The molecule has 0 aliphatic heterocycles. The van der Waals surface area contributed by atoms with Crippen molar-refractivity contribution in [2.75, 3.05) is 7.11 Å². The first-order valence-electron chi connectivity index (χ1n) is 8.98. The van der Waals surface area contributed by atoms with Crippen molar-refractivity contribution in [3.8, 4) is 16.9 Å². The van der Waals surface area contributed by atoms with Gasteiger partial charge >= 0.3 is 0 Å². The number of aryl methyl sites for hydroxylation is 2. The molecule has 0 unspecified atom stereocenters. The third kappa shape index (κ3) is 3.22. The van der Waals surface area contributed by atoms with Crippen LogP contribution in [-0.2, 0) is 12.8 Å². The second-order valence-corrected chi connectivity index (χ2v) is 6.64. The predicted octanol–water partition coefficient (Wildman–Crippen LogP) is 4.78. The van der Waals surface area contributed by atoms with Crippen molar-refractivity contribution in [2.24, 2.45) is 0 Å². The maximum Gasteiger partial charge on any atom is 0.168 e. The number of halogens is 2. The van der Waals surface area contributed by atoms with E-state index in [0.717, 1.165) is 22.4 Å². The van der Waals surface area contributed by atoms with Gasteiger partial charge in [0, 0.05) is 16.8 Å². The van der Waals surface area contributed by atoms with E-state index in [0.29, 0.717) is 29.8 Å². The molecular weight excluding hydrogens is 360 g/mol. The Kier molecular flexibility index (Phi) is 4.77. The zero-order valence-corrected chi connectivity index (χ0v) is 15.6. The second kappa shape index (κ2) is 7.38. The molecular formula is C22H19F2N3O. The van der Waals surface area contributed by atoms with Gasteiger partial charge in [-0.05, 0) is 67.3 Å². The lowest BCUT2D eigenvalue weighted by Crippen LogP contribution is -2.03. The molecule has 0 saturated heterocycles. The van der Waals surface area contributed by atoms with Gasteiger partial charge in [0.25, 0.3) is 0 Å². The van der Waals surface area contributed by atoms with Crippen molar-refractivity contribution < 1.29 is 13.5 Å². The van der Waals surface area contributed by atoms with E-state index in [1.807, 2.05) is 23.5 Å². The maximum atomic E-state index is 14.2. The van der Waals surface area contributed by atoms with Gasteiger partial charge in [-0.3, -0.25) is 4.40 Å². The number of fused-ring (bicyclic) bond motifs is 1. The molecule has 0 radical (unpaired) electrons. The van der Waals surface area contributed by atoms with Crippen LogP contribution in [-0.4, -0.2) is 21.7 Å². The second-order valence-electron chi connectivity index (χ2n) is 6.64. The van der Waals surface area contributed by atoms with Crippen LogP contribution in [0.25, 0.3) is 16.8 Å². The molecule has 6 heteroatoms. The molecule has 2 aromatic heterocycles. The fraction of sp³-hybridized carbons (Fsp3) is 0.182. The molecule has 0 atom stereocenters. The average molecular weight is 379 g/mol. The van der Waals surface area contributed by atoms with Gasteiger partial charge < -0.3 is 4.74 Å². The van der Waals surface area contributed by atoms with Crippen molar-refractivity contribution in [2.45, 2.75) is 19.8 Å². The van der Waals surface area contributed by atoms with E-state index in [9.17, 15) is 8.78 Å². The number of hydrogen-bond donors (Lipinski definition) is 0. The summed E-state index contributed by atoms with van der Waals surface area (Å²) in [6.45, 7) is 1.86. The molecule has 0 N–H and O–H groups in total. The lowest BCUT2D eigenvalue weighted by atomic mass is 10.00. The maximum absolute atomic E-state index is 14.2. The van der Waals surface area contributed by atoms with Gasteiger partial charge in [-0.15, -0.1) is 10.2 Å². The van der Waals surface area contributed by atoms with Crippen molar-refractivity contribution >= 4 is 5.65 Å². The van der Waals surface area contributed by atoms with Crippen LogP contribution in [0.15, 0.2) is 54.9 Å². The van der Waals surface area contributed by atoms with E-state index < -0.39 is 0 Å². The summed E-state index contributed by atoms with van der Waals surface area (Å²) in [7, 11) is 1.54. The normalized spacial score (nSPS) is 11.1. The molecule has 4 aromatic rings. The van der Waals surface area contributed by atoms with Gasteiger partial charge in [0.1, 0.15) is 23.7 Å². The predicted molar refractivity (Wildman–Crippen MR) is 103 cm³/mol. The van der Waals surface area contributed by atoms with Gasteiger partial charge in [-0.25, -0.2) is 8.78 Å². The Balaban J connectivity index is 1.70. The lowest BCUT2D eigenvalue weighted by molar-refractivity contribution is 0.404. The minimum Gasteiger partial charge on any atom is -0.496 e. The summed E-state index contributed by atoms with van der Waals surface area (Å²) in [6, 6.07) is 13.4. The molecule has 0 fully saturated rings. The van der Waals surface area contributed by atoms with Crippen LogP contribution in [0.5, 0.6) is 5.75 Å². The molecule has 0 saturated carbocycles. The largest absolute Gasteiger partial charge is 0.496 e. The molecule has 4 nitrogen and oxygen atoms in total. The van der Waals surface area contributed by atoms with Crippen LogP contribution in [0.4, 0.5) is 8.78 Å². The van der Waals surface area contributed by atoms with Gasteiger partial charge in [-0.2, -0.15) is 0 Å². The third-order valence-corrected chi connectivity index (χ3v) is 4.95. The standard InChI is InChI=1S/C22H19F2N3O/c1-14-12-15(23)6-9-17(14)18-10-7-16(27-13-25-26-22(18)27)8-11-19-20(24)4-3-5-21(19)28-2/h3-7,9-10,12-13H,8,11H2,1-2H3. The highest BCUT2D eigenvalue weighted by Crippen LogP contribution is 2.29. The summed E-state index contributed by atoms with van der Waals surface area (Å²) in [5, 5.41) is 8.29. The van der Waals surface area contributed by atoms with Gasteiger partial charge in [0.15, 0.2) is 5.65 Å². The molecule has 0 bridgehead atoms. The van der Waals surface area contributed by atoms with Crippen LogP contribution in [0.2, 0.25) is 0 Å². The Hall–Kier alpha value is -3.28. The third-order valence-electron chi connectivity index (χ3n) is 4.95. The first-order valence-corrected chi connectivity index (χ1v) is 8.98. The number of benzene rings is 2. The van der Waals surface area contributed by atoms with E-state index in [4.69, 9.17) is 4.74 Å². The van der Waals surface area contributed by atoms with Gasteiger partial charge in [0.05, 0.1) is 7.11 Å². The van der Waals surface area contributed by atoms with E-state index in [1.54, 1.807) is 24.5 Å².